The van der Waals surface area contributed by atoms with Gasteiger partial charge in [-0.1, -0.05) is 122 Å². The summed E-state index contributed by atoms with van der Waals surface area (Å²) in [6.07, 6.45) is 9.41. The Bertz CT molecular complexity index is 1490. The maximum absolute atomic E-state index is 4.57. The number of pyridine rings is 1. The largest absolute Gasteiger partial charge is 0.261 e. The van der Waals surface area contributed by atoms with E-state index in [1.54, 1.807) is 12.3 Å². The predicted molar refractivity (Wildman–Crippen MR) is 162 cm³/mol. The van der Waals surface area contributed by atoms with Crippen molar-refractivity contribution in [3.05, 3.63) is 161 Å². The van der Waals surface area contributed by atoms with Crippen LogP contribution in [-0.2, 0) is 0 Å². The van der Waals surface area contributed by atoms with E-state index < -0.39 is 0 Å². The molecule has 2 nitrogen and oxygen atoms in total. The molecule has 1 heterocycles. The number of benzene rings is 3. The molecule has 4 rings (SSSR count). The molecule has 0 radical (unpaired) electrons. The molecule has 0 amide bonds. The number of hydrogen-bond donors (Lipinski definition) is 0. The van der Waals surface area contributed by atoms with Crippen LogP contribution in [0.1, 0.15) is 36.1 Å². The zero-order valence-electron chi connectivity index (χ0n) is 21.9. The van der Waals surface area contributed by atoms with Crippen LogP contribution in [0.4, 0.5) is 0 Å². The van der Waals surface area contributed by atoms with Gasteiger partial charge in [-0.2, -0.15) is 0 Å². The molecule has 1 aromatic heterocycles. The van der Waals surface area contributed by atoms with Crippen LogP contribution >= 0.6 is 0 Å². The quantitative estimate of drug-likeness (QED) is 0.207. The van der Waals surface area contributed by atoms with Gasteiger partial charge in [-0.3, -0.25) is 9.98 Å². The van der Waals surface area contributed by atoms with Crippen molar-refractivity contribution in [2.45, 2.75) is 20.8 Å². The molecule has 0 unspecified atom stereocenters. The van der Waals surface area contributed by atoms with E-state index in [0.29, 0.717) is 0 Å². The Balaban J connectivity index is 0.000000468. The molecule has 0 bridgehead atoms. The summed E-state index contributed by atoms with van der Waals surface area (Å²) in [7, 11) is 0. The van der Waals surface area contributed by atoms with Crippen LogP contribution < -0.4 is 10.6 Å². The smallest absolute Gasteiger partial charge is 0.0737 e. The summed E-state index contributed by atoms with van der Waals surface area (Å²) in [5.41, 5.74) is 7.52. The molecule has 3 aromatic carbocycles. The predicted octanol–water partition coefficient (Wildman–Crippen LogP) is 7.41. The lowest BCUT2D eigenvalue weighted by atomic mass is 9.99. The first-order valence-corrected chi connectivity index (χ1v) is 12.4. The summed E-state index contributed by atoms with van der Waals surface area (Å²) in [5.74, 6) is 0. The van der Waals surface area contributed by atoms with Gasteiger partial charge in [-0.25, -0.2) is 0 Å². The second kappa shape index (κ2) is 14.1. The maximum atomic E-state index is 4.57. The molecule has 4 aromatic rings. The summed E-state index contributed by atoms with van der Waals surface area (Å²) in [4.78, 5) is 9.09. The average molecular weight is 483 g/mol. The van der Waals surface area contributed by atoms with Gasteiger partial charge in [0, 0.05) is 23.2 Å². The van der Waals surface area contributed by atoms with Gasteiger partial charge in [0.2, 0.25) is 0 Å². The second-order valence-corrected chi connectivity index (χ2v) is 8.51. The highest BCUT2D eigenvalue weighted by atomic mass is 14.7. The van der Waals surface area contributed by atoms with Crippen LogP contribution in [0.3, 0.4) is 0 Å². The van der Waals surface area contributed by atoms with E-state index >= 15 is 0 Å². The fraction of sp³-hybridized carbons (Fsp3) is 0.0857. The molecule has 0 aliphatic heterocycles. The zero-order valence-corrected chi connectivity index (χ0v) is 21.9. The molecule has 0 saturated heterocycles. The Morgan fingerprint density at radius 1 is 0.784 bits per heavy atom. The number of aryl methyl sites for hydroxylation is 1. The zero-order chi connectivity index (χ0) is 26.5. The topological polar surface area (TPSA) is 25.2 Å². The molecule has 184 valence electrons. The summed E-state index contributed by atoms with van der Waals surface area (Å²) in [5, 5.41) is 2.03. The van der Waals surface area contributed by atoms with E-state index in [1.165, 1.54) is 5.56 Å². The van der Waals surface area contributed by atoms with Gasteiger partial charge in [0.1, 0.15) is 0 Å². The van der Waals surface area contributed by atoms with Crippen LogP contribution in [0.25, 0.3) is 22.9 Å². The molecular formula is C35H34N2. The summed E-state index contributed by atoms with van der Waals surface area (Å²) in [6.45, 7) is 14.2. The van der Waals surface area contributed by atoms with E-state index in [0.717, 1.165) is 44.1 Å². The summed E-state index contributed by atoms with van der Waals surface area (Å²) in [6, 6.07) is 32.8. The van der Waals surface area contributed by atoms with Gasteiger partial charge in [0.05, 0.1) is 11.0 Å². The number of allylic oxidation sites excluding steroid dienone is 3. The second-order valence-electron chi connectivity index (χ2n) is 8.51. The first kappa shape index (κ1) is 27.0. The van der Waals surface area contributed by atoms with Crippen molar-refractivity contribution in [2.24, 2.45) is 4.99 Å². The van der Waals surface area contributed by atoms with Crippen molar-refractivity contribution in [1.82, 2.24) is 4.98 Å². The van der Waals surface area contributed by atoms with E-state index in [1.807, 2.05) is 73.8 Å². The van der Waals surface area contributed by atoms with Crippen LogP contribution in [0, 0.1) is 6.92 Å². The average Bonchev–Trinajstić information content (AvgIpc) is 2.94. The first-order chi connectivity index (χ1) is 18.0. The molecule has 0 aliphatic carbocycles. The van der Waals surface area contributed by atoms with Gasteiger partial charge in [0.25, 0.3) is 0 Å². The van der Waals surface area contributed by atoms with Crippen LogP contribution in [0.2, 0.25) is 0 Å². The number of hydrogen-bond acceptors (Lipinski definition) is 2. The fourth-order valence-electron chi connectivity index (χ4n) is 3.79. The third kappa shape index (κ3) is 7.98. The SMILES string of the molecule is C=C/C=c1/cccn/c1=C(/C)c1ccc(C(=C)/C=C(\N=CC)c2ccccc2)cc1.Cc1ccccc1. The summed E-state index contributed by atoms with van der Waals surface area (Å²) >= 11 is 0. The van der Waals surface area contributed by atoms with Crippen molar-refractivity contribution >= 4 is 29.1 Å². The lowest BCUT2D eigenvalue weighted by Gasteiger charge is -2.07. The minimum atomic E-state index is 0.896. The van der Waals surface area contributed by atoms with E-state index in [-0.39, 0.29) is 0 Å². The number of aromatic nitrogens is 1. The minimum Gasteiger partial charge on any atom is -0.261 e. The summed E-state index contributed by atoms with van der Waals surface area (Å²) < 4.78 is 0. The lowest BCUT2D eigenvalue weighted by Crippen LogP contribution is -2.29. The Labute approximate surface area is 221 Å². The molecule has 0 aliphatic rings. The third-order valence-corrected chi connectivity index (χ3v) is 5.77. The van der Waals surface area contributed by atoms with Crippen LogP contribution in [0.5, 0.6) is 0 Å². The van der Waals surface area contributed by atoms with E-state index in [2.05, 4.69) is 85.5 Å². The third-order valence-electron chi connectivity index (χ3n) is 5.77. The molecular weight excluding hydrogens is 448 g/mol. The highest BCUT2D eigenvalue weighted by molar-refractivity contribution is 5.85. The van der Waals surface area contributed by atoms with Gasteiger partial charge in [0.15, 0.2) is 0 Å². The fourth-order valence-corrected chi connectivity index (χ4v) is 3.79. The lowest BCUT2D eigenvalue weighted by molar-refractivity contribution is 1.20. The number of nitrogens with zero attached hydrogens (tertiary/aromatic N) is 2. The highest BCUT2D eigenvalue weighted by Gasteiger charge is 2.04. The van der Waals surface area contributed by atoms with E-state index in [4.69, 9.17) is 0 Å². The van der Waals surface area contributed by atoms with Crippen LogP contribution in [-0.4, -0.2) is 11.2 Å². The Hall–Kier alpha value is -4.56. The van der Waals surface area contributed by atoms with Crippen molar-refractivity contribution in [1.29, 1.82) is 0 Å². The van der Waals surface area contributed by atoms with Gasteiger partial charge >= 0.3 is 0 Å². The normalized spacial score (nSPS) is 12.5. The van der Waals surface area contributed by atoms with E-state index in [9.17, 15) is 0 Å². The molecule has 0 fully saturated rings. The number of aliphatic imine (C=N–C) groups is 1. The molecule has 0 spiro atoms. The number of rotatable bonds is 6. The molecule has 37 heavy (non-hydrogen) atoms. The van der Waals surface area contributed by atoms with Crippen molar-refractivity contribution < 1.29 is 0 Å². The Kier molecular flexibility index (Phi) is 10.3. The van der Waals surface area contributed by atoms with Gasteiger partial charge in [-0.15, -0.1) is 0 Å². The highest BCUT2D eigenvalue weighted by Crippen LogP contribution is 2.23. The first-order valence-electron chi connectivity index (χ1n) is 12.4. The minimum absolute atomic E-state index is 0.896. The van der Waals surface area contributed by atoms with Crippen molar-refractivity contribution in [2.75, 3.05) is 0 Å². The molecule has 0 saturated carbocycles. The Morgan fingerprint density at radius 3 is 1.97 bits per heavy atom. The van der Waals surface area contributed by atoms with Gasteiger partial charge in [-0.05, 0) is 55.2 Å². The van der Waals surface area contributed by atoms with Crippen molar-refractivity contribution in [3.8, 4) is 0 Å². The maximum Gasteiger partial charge on any atom is 0.0737 e. The monoisotopic (exact) mass is 482 g/mol. The van der Waals surface area contributed by atoms with Gasteiger partial charge < -0.3 is 0 Å². The molecule has 0 atom stereocenters. The van der Waals surface area contributed by atoms with Crippen molar-refractivity contribution in [3.63, 3.8) is 0 Å². The molecule has 0 N–H and O–H groups in total. The molecule has 2 heteroatoms. The Morgan fingerprint density at radius 2 is 1.41 bits per heavy atom. The van der Waals surface area contributed by atoms with Crippen LogP contribution in [0.15, 0.2) is 134 Å². The standard InChI is InChI=1S/C28H26N2.C7H8/c1-5-11-26-14-10-19-30-28(26)22(4)24-17-15-23(16-18-24)21(3)20-27(29-6-2)25-12-8-7-9-13-25;1-7-5-3-2-4-6-7/h5-20H,1,3H2,2,4H3;2-6H,1H3/b26-11-,27-20-,28-22-,29-6?;.